The molecule has 0 spiro atoms. The van der Waals surface area contributed by atoms with Crippen LogP contribution in [0.3, 0.4) is 0 Å². The highest BCUT2D eigenvalue weighted by Crippen LogP contribution is 2.28. The normalized spacial score (nSPS) is 11.6. The van der Waals surface area contributed by atoms with Crippen molar-refractivity contribution in [2.45, 2.75) is 18.0 Å². The van der Waals surface area contributed by atoms with E-state index in [-0.39, 0.29) is 18.0 Å². The number of nitrogens with one attached hydrogen (secondary N) is 1. The first-order valence-electron chi connectivity index (χ1n) is 8.75. The molecule has 30 heavy (non-hydrogen) atoms. The molecule has 0 atom stereocenters. The van der Waals surface area contributed by atoms with Gasteiger partial charge in [0.05, 0.1) is 24.2 Å². The Balaban J connectivity index is 1.87. The molecule has 0 radical (unpaired) electrons. The van der Waals surface area contributed by atoms with E-state index >= 15 is 0 Å². The van der Waals surface area contributed by atoms with Gasteiger partial charge >= 0.3 is 0 Å². The van der Waals surface area contributed by atoms with Gasteiger partial charge in [-0.2, -0.15) is 4.31 Å². The molecule has 0 fully saturated rings. The Kier molecular flexibility index (Phi) is 7.44. The summed E-state index contributed by atoms with van der Waals surface area (Å²) in [6, 6.07) is 13.9. The smallest absolute Gasteiger partial charge is 0.243 e. The van der Waals surface area contributed by atoms with Crippen molar-refractivity contribution in [2.75, 3.05) is 6.54 Å². The number of furan rings is 1. The molecule has 158 valence electrons. The molecule has 1 N–H and O–H groups in total. The second kappa shape index (κ2) is 9.85. The lowest BCUT2D eigenvalue weighted by Crippen LogP contribution is -2.40. The molecule has 3 aromatic rings. The minimum atomic E-state index is -4.04. The minimum absolute atomic E-state index is 0.00564. The van der Waals surface area contributed by atoms with Gasteiger partial charge in [-0.25, -0.2) is 8.42 Å². The fraction of sp³-hybridized carbons (Fsp3) is 0.150. The molecule has 6 nitrogen and oxygen atoms in total. The highest BCUT2D eigenvalue weighted by molar-refractivity contribution is 7.89. The van der Waals surface area contributed by atoms with Gasteiger partial charge in [-0.1, -0.05) is 40.9 Å². The number of rotatable bonds is 8. The summed E-state index contributed by atoms with van der Waals surface area (Å²) in [5.74, 6) is 0.0386. The maximum absolute atomic E-state index is 13.2. The van der Waals surface area contributed by atoms with Gasteiger partial charge in [0.25, 0.3) is 0 Å². The van der Waals surface area contributed by atoms with Gasteiger partial charge in [-0.05, 0) is 48.5 Å². The number of hydrogen-bond acceptors (Lipinski definition) is 4. The molecule has 0 unspecified atom stereocenters. The summed E-state index contributed by atoms with van der Waals surface area (Å²) in [7, 11) is -4.04. The first-order valence-corrected chi connectivity index (χ1v) is 11.3. The van der Waals surface area contributed by atoms with Crippen LogP contribution in [0.1, 0.15) is 11.3 Å². The molecule has 0 saturated carbocycles. The van der Waals surface area contributed by atoms with Crippen molar-refractivity contribution < 1.29 is 17.6 Å². The van der Waals surface area contributed by atoms with Crippen LogP contribution in [0, 0.1) is 0 Å². The number of carbonyl (C=O) groups excluding carboxylic acids is 1. The fourth-order valence-corrected chi connectivity index (χ4v) is 4.66. The molecule has 10 heteroatoms. The van der Waals surface area contributed by atoms with Crippen LogP contribution in [-0.4, -0.2) is 25.2 Å². The number of carbonyl (C=O) groups is 1. The van der Waals surface area contributed by atoms with Gasteiger partial charge < -0.3 is 9.73 Å². The van der Waals surface area contributed by atoms with Crippen LogP contribution >= 0.6 is 34.8 Å². The largest absolute Gasteiger partial charge is 0.467 e. The third-order valence-corrected chi connectivity index (χ3v) is 6.97. The van der Waals surface area contributed by atoms with Crippen molar-refractivity contribution in [3.8, 4) is 0 Å². The third-order valence-electron chi connectivity index (χ3n) is 4.21. The van der Waals surface area contributed by atoms with Gasteiger partial charge in [0, 0.05) is 27.2 Å². The highest BCUT2D eigenvalue weighted by Gasteiger charge is 2.28. The van der Waals surface area contributed by atoms with Crippen LogP contribution < -0.4 is 5.32 Å². The second-order valence-corrected chi connectivity index (χ2v) is 9.47. The number of benzene rings is 2. The average Bonchev–Trinajstić information content (AvgIpc) is 3.22. The number of sulfonamides is 1. The SMILES string of the molecule is O=C(CN(Cc1c(Cl)cccc1Cl)S(=O)(=O)c1ccc(Cl)cc1)NCc1ccco1. The van der Waals surface area contributed by atoms with Crippen LogP contribution in [0.4, 0.5) is 0 Å². The second-order valence-electron chi connectivity index (χ2n) is 6.28. The standard InChI is InChI=1S/C20H17Cl3N2O4S/c21-14-6-8-16(9-7-14)30(27,28)25(12-17-18(22)4-1-5-19(17)23)13-20(26)24-11-15-3-2-10-29-15/h1-10H,11-13H2,(H,24,26). The van der Waals surface area contributed by atoms with E-state index in [1.54, 1.807) is 30.3 Å². The topological polar surface area (TPSA) is 79.6 Å². The van der Waals surface area contributed by atoms with E-state index in [9.17, 15) is 13.2 Å². The van der Waals surface area contributed by atoms with E-state index in [1.807, 2.05) is 0 Å². The molecule has 1 aromatic heterocycles. The molecular weight excluding hydrogens is 471 g/mol. The monoisotopic (exact) mass is 486 g/mol. The Bertz CT molecular complexity index is 1100. The van der Waals surface area contributed by atoms with Crippen molar-refractivity contribution in [3.63, 3.8) is 0 Å². The quantitative estimate of drug-likeness (QED) is 0.497. The Hall–Kier alpha value is -2.03. The van der Waals surface area contributed by atoms with E-state index in [0.717, 1.165) is 4.31 Å². The van der Waals surface area contributed by atoms with Crippen molar-refractivity contribution in [1.82, 2.24) is 9.62 Å². The van der Waals surface area contributed by atoms with Crippen LogP contribution in [0.5, 0.6) is 0 Å². The Morgan fingerprint density at radius 3 is 2.23 bits per heavy atom. The highest BCUT2D eigenvalue weighted by atomic mass is 35.5. The number of nitrogens with zero attached hydrogens (tertiary/aromatic N) is 1. The Morgan fingerprint density at radius 2 is 1.63 bits per heavy atom. The molecule has 0 aliphatic carbocycles. The van der Waals surface area contributed by atoms with E-state index in [2.05, 4.69) is 5.32 Å². The zero-order valence-electron chi connectivity index (χ0n) is 15.5. The number of hydrogen-bond donors (Lipinski definition) is 1. The van der Waals surface area contributed by atoms with Crippen LogP contribution in [-0.2, 0) is 27.9 Å². The van der Waals surface area contributed by atoms with Crippen LogP contribution in [0.2, 0.25) is 15.1 Å². The zero-order chi connectivity index (χ0) is 21.7. The van der Waals surface area contributed by atoms with E-state index in [4.69, 9.17) is 39.2 Å². The van der Waals surface area contributed by atoms with Gasteiger partial charge in [0.15, 0.2) is 0 Å². The first kappa shape index (κ1) is 22.7. The van der Waals surface area contributed by atoms with E-state index < -0.39 is 22.5 Å². The lowest BCUT2D eigenvalue weighted by atomic mass is 10.2. The summed E-state index contributed by atoms with van der Waals surface area (Å²) in [5, 5.41) is 3.63. The van der Waals surface area contributed by atoms with Crippen LogP contribution in [0.25, 0.3) is 0 Å². The first-order chi connectivity index (χ1) is 14.3. The minimum Gasteiger partial charge on any atom is -0.467 e. The summed E-state index contributed by atoms with van der Waals surface area (Å²) in [6.45, 7) is -0.488. The summed E-state index contributed by atoms with van der Waals surface area (Å²) in [6.07, 6.45) is 1.48. The average molecular weight is 488 g/mol. The Labute approximate surface area is 189 Å². The lowest BCUT2D eigenvalue weighted by molar-refractivity contribution is -0.121. The molecule has 0 bridgehead atoms. The molecule has 2 aromatic carbocycles. The molecule has 0 saturated heterocycles. The summed E-state index contributed by atoms with van der Waals surface area (Å²) in [4.78, 5) is 12.5. The number of amides is 1. The summed E-state index contributed by atoms with van der Waals surface area (Å²) < 4.78 is 32.7. The molecule has 1 heterocycles. The molecule has 3 rings (SSSR count). The molecule has 0 aliphatic heterocycles. The third kappa shape index (κ3) is 5.56. The lowest BCUT2D eigenvalue weighted by Gasteiger charge is -2.23. The van der Waals surface area contributed by atoms with Gasteiger partial charge in [-0.15, -0.1) is 0 Å². The summed E-state index contributed by atoms with van der Waals surface area (Å²) in [5.41, 5.74) is 0.400. The predicted octanol–water partition coefficient (Wildman–Crippen LogP) is 4.75. The van der Waals surface area contributed by atoms with Crippen LogP contribution in [0.15, 0.2) is 70.2 Å². The Morgan fingerprint density at radius 1 is 0.967 bits per heavy atom. The molecular formula is C20H17Cl3N2O4S. The fourth-order valence-electron chi connectivity index (χ4n) is 2.66. The van der Waals surface area contributed by atoms with Crippen molar-refractivity contribution in [2.24, 2.45) is 0 Å². The molecule has 1 amide bonds. The van der Waals surface area contributed by atoms with E-state index in [0.29, 0.717) is 26.4 Å². The van der Waals surface area contributed by atoms with Gasteiger partial charge in [0.1, 0.15) is 5.76 Å². The van der Waals surface area contributed by atoms with Gasteiger partial charge in [-0.3, -0.25) is 4.79 Å². The predicted molar refractivity (Wildman–Crippen MR) is 116 cm³/mol. The maximum atomic E-state index is 13.2. The molecule has 0 aliphatic rings. The van der Waals surface area contributed by atoms with Crippen molar-refractivity contribution >= 4 is 50.7 Å². The van der Waals surface area contributed by atoms with Crippen molar-refractivity contribution in [3.05, 3.63) is 87.3 Å². The summed E-state index contributed by atoms with van der Waals surface area (Å²) >= 11 is 18.3. The number of halogens is 3. The maximum Gasteiger partial charge on any atom is 0.243 e. The zero-order valence-corrected chi connectivity index (χ0v) is 18.6. The van der Waals surface area contributed by atoms with E-state index in [1.165, 1.54) is 30.5 Å². The van der Waals surface area contributed by atoms with Crippen molar-refractivity contribution in [1.29, 1.82) is 0 Å². The van der Waals surface area contributed by atoms with Gasteiger partial charge in [0.2, 0.25) is 15.9 Å².